The molecule has 1 aliphatic rings. The van der Waals surface area contributed by atoms with Gasteiger partial charge in [-0.05, 0) is 5.56 Å². The van der Waals surface area contributed by atoms with Gasteiger partial charge in [0.2, 0.25) is 0 Å². The quantitative estimate of drug-likeness (QED) is 0.777. The summed E-state index contributed by atoms with van der Waals surface area (Å²) in [5.41, 5.74) is 1.02. The van der Waals surface area contributed by atoms with E-state index in [1.165, 1.54) is 0 Å². The molecule has 0 aromatic heterocycles. The van der Waals surface area contributed by atoms with Crippen LogP contribution < -0.4 is 5.32 Å². The van der Waals surface area contributed by atoms with E-state index in [0.29, 0.717) is 0 Å². The summed E-state index contributed by atoms with van der Waals surface area (Å²) in [6, 6.07) is 9.86. The van der Waals surface area contributed by atoms with Crippen LogP contribution in [0.15, 0.2) is 52.6 Å². The summed E-state index contributed by atoms with van der Waals surface area (Å²) in [7, 11) is 1.60. The van der Waals surface area contributed by atoms with E-state index in [0.717, 1.165) is 5.56 Å². The highest BCUT2D eigenvalue weighted by atomic mass is 16.5. The maximum atomic E-state index is 5.31. The smallest absolute Gasteiger partial charge is 0.259 e. The molecular formula is C12H13N3O. The maximum absolute atomic E-state index is 5.31. The van der Waals surface area contributed by atoms with Crippen LogP contribution in [0.4, 0.5) is 0 Å². The van der Waals surface area contributed by atoms with Crippen molar-refractivity contribution in [1.29, 1.82) is 0 Å². The van der Waals surface area contributed by atoms with Gasteiger partial charge in [0, 0.05) is 25.6 Å². The van der Waals surface area contributed by atoms with E-state index in [4.69, 9.17) is 4.74 Å². The molecule has 4 heteroatoms. The molecule has 4 nitrogen and oxygen atoms in total. The molecule has 0 spiro atoms. The summed E-state index contributed by atoms with van der Waals surface area (Å²) < 4.78 is 5.31. The van der Waals surface area contributed by atoms with Crippen LogP contribution in [0.2, 0.25) is 0 Å². The topological polar surface area (TPSA) is 46.0 Å². The number of hydrogen-bond acceptors (Lipinski definition) is 4. The molecule has 0 amide bonds. The van der Waals surface area contributed by atoms with Crippen LogP contribution in [0, 0.1) is 0 Å². The van der Waals surface area contributed by atoms with Gasteiger partial charge in [0.1, 0.15) is 0 Å². The number of nitrogens with one attached hydrogen (secondary N) is 1. The second-order valence-corrected chi connectivity index (χ2v) is 3.31. The Morgan fingerprint density at radius 1 is 1.38 bits per heavy atom. The first kappa shape index (κ1) is 10.6. The summed E-state index contributed by atoms with van der Waals surface area (Å²) >= 11 is 0. The standard InChI is InChI=1S/C12H13N3O/c1-16-12(7-8-13-10-15-12)14-9-11-5-3-2-4-6-11/h2-10H,1H3,(H,13,15). The molecule has 0 fully saturated rings. The van der Waals surface area contributed by atoms with Crippen LogP contribution in [-0.4, -0.2) is 25.5 Å². The van der Waals surface area contributed by atoms with Crippen LogP contribution in [0.25, 0.3) is 0 Å². The fraction of sp³-hybridized carbons (Fsp3) is 0.167. The lowest BCUT2D eigenvalue weighted by Crippen LogP contribution is -2.44. The van der Waals surface area contributed by atoms with E-state index in [1.807, 2.05) is 30.3 Å². The third-order valence-electron chi connectivity index (χ3n) is 2.25. The molecule has 82 valence electrons. The Bertz CT molecular complexity index is 425. The largest absolute Gasteiger partial charge is 0.337 e. The van der Waals surface area contributed by atoms with Crippen molar-refractivity contribution < 1.29 is 4.74 Å². The van der Waals surface area contributed by atoms with Crippen LogP contribution in [-0.2, 0) is 4.74 Å². The number of nitrogens with zero attached hydrogens (tertiary/aromatic N) is 2. The van der Waals surface area contributed by atoms with Crippen molar-refractivity contribution in [3.8, 4) is 0 Å². The van der Waals surface area contributed by atoms with Crippen molar-refractivity contribution in [2.24, 2.45) is 9.98 Å². The molecular weight excluding hydrogens is 202 g/mol. The summed E-state index contributed by atoms with van der Waals surface area (Å²) in [4.78, 5) is 8.27. The second kappa shape index (κ2) is 4.72. The highest BCUT2D eigenvalue weighted by molar-refractivity contribution is 5.80. The Kier molecular flexibility index (Phi) is 3.12. The molecule has 1 N–H and O–H groups in total. The SMILES string of the molecule is COC1(N=Cc2ccccc2)C=CN=CN1. The van der Waals surface area contributed by atoms with E-state index < -0.39 is 5.85 Å². The molecule has 1 unspecified atom stereocenters. The van der Waals surface area contributed by atoms with Crippen LogP contribution >= 0.6 is 0 Å². The molecule has 1 aromatic carbocycles. The van der Waals surface area contributed by atoms with Crippen LogP contribution in [0.5, 0.6) is 0 Å². The molecule has 0 bridgehead atoms. The Balaban J connectivity index is 2.16. The summed E-state index contributed by atoms with van der Waals surface area (Å²) in [5, 5.41) is 2.95. The van der Waals surface area contributed by atoms with Gasteiger partial charge in [0.05, 0.1) is 6.34 Å². The molecule has 0 aliphatic carbocycles. The highest BCUT2D eigenvalue weighted by Crippen LogP contribution is 2.12. The maximum Gasteiger partial charge on any atom is 0.259 e. The molecule has 2 rings (SSSR count). The van der Waals surface area contributed by atoms with Gasteiger partial charge in [-0.25, -0.2) is 9.98 Å². The first-order valence-corrected chi connectivity index (χ1v) is 4.97. The zero-order valence-electron chi connectivity index (χ0n) is 9.00. The van der Waals surface area contributed by atoms with E-state index in [-0.39, 0.29) is 0 Å². The van der Waals surface area contributed by atoms with Crippen molar-refractivity contribution >= 4 is 12.6 Å². The Labute approximate surface area is 94.4 Å². The summed E-state index contributed by atoms with van der Waals surface area (Å²) in [6.45, 7) is 0. The fourth-order valence-electron chi connectivity index (χ4n) is 1.33. The molecule has 1 heterocycles. The van der Waals surface area contributed by atoms with Gasteiger partial charge in [0.25, 0.3) is 5.85 Å². The number of aliphatic imine (C=N–C) groups is 2. The van der Waals surface area contributed by atoms with Gasteiger partial charge in [-0.15, -0.1) is 0 Å². The van der Waals surface area contributed by atoms with Gasteiger partial charge >= 0.3 is 0 Å². The predicted octanol–water partition coefficient (Wildman–Crippen LogP) is 1.55. The molecule has 0 radical (unpaired) electrons. The third-order valence-corrected chi connectivity index (χ3v) is 2.25. The second-order valence-electron chi connectivity index (χ2n) is 3.31. The van der Waals surface area contributed by atoms with E-state index >= 15 is 0 Å². The molecule has 1 aromatic rings. The normalized spacial score (nSPS) is 23.6. The Hall–Kier alpha value is -1.94. The zero-order valence-corrected chi connectivity index (χ0v) is 9.00. The molecule has 1 aliphatic heterocycles. The minimum atomic E-state index is -0.836. The first-order valence-electron chi connectivity index (χ1n) is 4.97. The lowest BCUT2D eigenvalue weighted by Gasteiger charge is -2.25. The van der Waals surface area contributed by atoms with Gasteiger partial charge < -0.3 is 10.1 Å². The van der Waals surface area contributed by atoms with Gasteiger partial charge in [-0.3, -0.25) is 0 Å². The fourth-order valence-corrected chi connectivity index (χ4v) is 1.33. The van der Waals surface area contributed by atoms with Crippen molar-refractivity contribution in [3.63, 3.8) is 0 Å². The van der Waals surface area contributed by atoms with Crippen molar-refractivity contribution in [2.75, 3.05) is 7.11 Å². The predicted molar refractivity (Wildman–Crippen MR) is 64.5 cm³/mol. The van der Waals surface area contributed by atoms with E-state index in [9.17, 15) is 0 Å². The third kappa shape index (κ3) is 2.35. The first-order chi connectivity index (χ1) is 7.85. The molecule has 0 saturated carbocycles. The van der Waals surface area contributed by atoms with E-state index in [2.05, 4.69) is 15.3 Å². The lowest BCUT2D eigenvalue weighted by molar-refractivity contribution is 0.0278. The van der Waals surface area contributed by atoms with Gasteiger partial charge in [-0.1, -0.05) is 30.3 Å². The number of rotatable bonds is 3. The number of methoxy groups -OCH3 is 1. The Morgan fingerprint density at radius 3 is 2.81 bits per heavy atom. The average molecular weight is 215 g/mol. The number of ether oxygens (including phenoxy) is 1. The van der Waals surface area contributed by atoms with Crippen LogP contribution in [0.3, 0.4) is 0 Å². The van der Waals surface area contributed by atoms with Crippen molar-refractivity contribution in [3.05, 3.63) is 48.2 Å². The lowest BCUT2D eigenvalue weighted by atomic mass is 10.2. The monoisotopic (exact) mass is 215 g/mol. The average Bonchev–Trinajstić information content (AvgIpc) is 2.39. The minimum Gasteiger partial charge on any atom is -0.337 e. The van der Waals surface area contributed by atoms with Gasteiger partial charge in [-0.2, -0.15) is 0 Å². The number of benzene rings is 1. The molecule has 1 atom stereocenters. The van der Waals surface area contributed by atoms with Crippen molar-refractivity contribution in [2.45, 2.75) is 5.85 Å². The highest BCUT2D eigenvalue weighted by Gasteiger charge is 2.24. The molecule has 0 saturated heterocycles. The molecule has 16 heavy (non-hydrogen) atoms. The Morgan fingerprint density at radius 2 is 2.19 bits per heavy atom. The minimum absolute atomic E-state index is 0.836. The van der Waals surface area contributed by atoms with E-state index in [1.54, 1.807) is 31.9 Å². The van der Waals surface area contributed by atoms with Crippen molar-refractivity contribution in [1.82, 2.24) is 5.32 Å². The number of hydrogen-bond donors (Lipinski definition) is 1. The summed E-state index contributed by atoms with van der Waals surface area (Å²) in [6.07, 6.45) is 6.74. The van der Waals surface area contributed by atoms with Crippen LogP contribution in [0.1, 0.15) is 5.56 Å². The summed E-state index contributed by atoms with van der Waals surface area (Å²) in [5.74, 6) is -0.836. The van der Waals surface area contributed by atoms with Gasteiger partial charge in [0.15, 0.2) is 0 Å². The zero-order chi connectivity index (χ0) is 11.3.